The molecule has 3 N–H and O–H groups in total. The zero-order chi connectivity index (χ0) is 14.7. The Bertz CT molecular complexity index is 563. The zero-order valence-electron chi connectivity index (χ0n) is 10.4. The Labute approximate surface area is 124 Å². The number of carbonyl (C=O) groups is 3. The van der Waals surface area contributed by atoms with Gasteiger partial charge in [0.2, 0.25) is 11.8 Å². The first-order valence-corrected chi connectivity index (χ1v) is 7.15. The Morgan fingerprint density at radius 3 is 2.80 bits per heavy atom. The maximum atomic E-state index is 11.7. The summed E-state index contributed by atoms with van der Waals surface area (Å²) in [5.74, 6) is -0.415. The van der Waals surface area contributed by atoms with E-state index in [1.54, 1.807) is 18.2 Å². The fraction of sp³-hybridized carbons (Fsp3) is 0.250. The Morgan fingerprint density at radius 2 is 2.20 bits per heavy atom. The monoisotopic (exact) mass is 313 g/mol. The second kappa shape index (κ2) is 6.15. The molecule has 1 aliphatic heterocycles. The van der Waals surface area contributed by atoms with E-state index >= 15 is 0 Å². The van der Waals surface area contributed by atoms with Gasteiger partial charge in [-0.1, -0.05) is 23.4 Å². The number of hydrogen-bond acceptors (Lipinski definition) is 5. The number of halogens is 1. The highest BCUT2D eigenvalue weighted by Crippen LogP contribution is 2.22. The van der Waals surface area contributed by atoms with E-state index in [2.05, 4.69) is 5.32 Å². The molecule has 0 bridgehead atoms. The molecule has 0 atom stereocenters. The fourth-order valence-electron chi connectivity index (χ4n) is 1.66. The van der Waals surface area contributed by atoms with Crippen LogP contribution in [0.2, 0.25) is 5.02 Å². The number of carbonyl (C=O) groups excluding carboxylic acids is 3. The maximum Gasteiger partial charge on any atom is 0.288 e. The number of amides is 3. The molecule has 20 heavy (non-hydrogen) atoms. The number of rotatable bonds is 4. The van der Waals surface area contributed by atoms with Gasteiger partial charge in [0.15, 0.2) is 0 Å². The molecular formula is C12H12ClN3O3S. The Kier molecular flexibility index (Phi) is 4.51. The number of hydrogen-bond donors (Lipinski definition) is 2. The van der Waals surface area contributed by atoms with Crippen LogP contribution in [0.25, 0.3) is 0 Å². The van der Waals surface area contributed by atoms with Crippen LogP contribution in [0.1, 0.15) is 6.42 Å². The third-order valence-electron chi connectivity index (χ3n) is 2.68. The number of nitrogens with two attached hydrogens (primary N) is 1. The molecule has 6 nitrogen and oxygen atoms in total. The van der Waals surface area contributed by atoms with Crippen molar-refractivity contribution < 1.29 is 14.4 Å². The molecule has 0 saturated carbocycles. The highest BCUT2D eigenvalue weighted by atomic mass is 35.5. The van der Waals surface area contributed by atoms with Gasteiger partial charge in [0.05, 0.1) is 16.5 Å². The van der Waals surface area contributed by atoms with Crippen molar-refractivity contribution in [3.05, 3.63) is 23.2 Å². The SMILES string of the molecule is Nc1cc(NC(=O)CCN2C(=O)CSC2=O)ccc1Cl. The van der Waals surface area contributed by atoms with E-state index in [1.165, 1.54) is 0 Å². The van der Waals surface area contributed by atoms with Gasteiger partial charge in [0, 0.05) is 18.7 Å². The lowest BCUT2D eigenvalue weighted by Crippen LogP contribution is -2.31. The van der Waals surface area contributed by atoms with E-state index in [4.69, 9.17) is 17.3 Å². The molecule has 0 unspecified atom stereocenters. The topological polar surface area (TPSA) is 92.5 Å². The molecular weight excluding hydrogens is 302 g/mol. The van der Waals surface area contributed by atoms with Gasteiger partial charge in [0.25, 0.3) is 5.24 Å². The summed E-state index contributed by atoms with van der Waals surface area (Å²) in [6.07, 6.45) is 0.0422. The third-order valence-corrected chi connectivity index (χ3v) is 3.89. The molecule has 8 heteroatoms. The van der Waals surface area contributed by atoms with Crippen LogP contribution < -0.4 is 11.1 Å². The fourth-order valence-corrected chi connectivity index (χ4v) is 2.52. The van der Waals surface area contributed by atoms with Gasteiger partial charge in [-0.15, -0.1) is 0 Å². The average molecular weight is 314 g/mol. The molecule has 1 aromatic carbocycles. The van der Waals surface area contributed by atoms with Crippen molar-refractivity contribution in [1.29, 1.82) is 0 Å². The Hall–Kier alpha value is -1.73. The Morgan fingerprint density at radius 1 is 1.45 bits per heavy atom. The second-order valence-electron chi connectivity index (χ2n) is 4.13. The highest BCUT2D eigenvalue weighted by Gasteiger charge is 2.29. The molecule has 0 aromatic heterocycles. The molecule has 0 aliphatic carbocycles. The first-order chi connectivity index (χ1) is 9.47. The van der Waals surface area contributed by atoms with E-state index in [9.17, 15) is 14.4 Å². The molecule has 1 saturated heterocycles. The van der Waals surface area contributed by atoms with Crippen LogP contribution in [-0.2, 0) is 9.59 Å². The van der Waals surface area contributed by atoms with Gasteiger partial charge in [-0.3, -0.25) is 19.3 Å². The van der Waals surface area contributed by atoms with Gasteiger partial charge in [-0.2, -0.15) is 0 Å². The number of nitrogen functional groups attached to an aromatic ring is 1. The van der Waals surface area contributed by atoms with Crippen LogP contribution in [0, 0.1) is 0 Å². The van der Waals surface area contributed by atoms with Crippen molar-refractivity contribution in [3.8, 4) is 0 Å². The van der Waals surface area contributed by atoms with Crippen molar-refractivity contribution in [3.63, 3.8) is 0 Å². The molecule has 1 aromatic rings. The minimum atomic E-state index is -0.307. The Balaban J connectivity index is 1.88. The molecule has 1 fully saturated rings. The molecule has 1 aliphatic rings. The van der Waals surface area contributed by atoms with E-state index in [-0.39, 0.29) is 35.8 Å². The lowest BCUT2D eigenvalue weighted by atomic mass is 10.2. The lowest BCUT2D eigenvalue weighted by molar-refractivity contribution is -0.125. The van der Waals surface area contributed by atoms with E-state index < -0.39 is 0 Å². The summed E-state index contributed by atoms with van der Waals surface area (Å²) < 4.78 is 0. The quantitative estimate of drug-likeness (QED) is 0.829. The smallest absolute Gasteiger partial charge is 0.288 e. The summed E-state index contributed by atoms with van der Waals surface area (Å²) in [7, 11) is 0. The van der Waals surface area contributed by atoms with Crippen LogP contribution in [0.3, 0.4) is 0 Å². The van der Waals surface area contributed by atoms with Gasteiger partial charge >= 0.3 is 0 Å². The molecule has 0 spiro atoms. The predicted molar refractivity (Wildman–Crippen MR) is 78.7 cm³/mol. The lowest BCUT2D eigenvalue weighted by Gasteiger charge is -2.12. The molecule has 106 valence electrons. The van der Waals surface area contributed by atoms with Crippen molar-refractivity contribution in [2.45, 2.75) is 6.42 Å². The number of nitrogens with zero attached hydrogens (tertiary/aromatic N) is 1. The normalized spacial score (nSPS) is 14.8. The van der Waals surface area contributed by atoms with E-state index in [0.717, 1.165) is 16.7 Å². The summed E-state index contributed by atoms with van der Waals surface area (Å²) in [4.78, 5) is 35.5. The number of anilines is 2. The molecule has 3 amide bonds. The number of thioether (sulfide) groups is 1. The zero-order valence-corrected chi connectivity index (χ0v) is 12.0. The largest absolute Gasteiger partial charge is 0.397 e. The molecule has 1 heterocycles. The molecule has 2 rings (SSSR count). The van der Waals surface area contributed by atoms with Gasteiger partial charge in [-0.25, -0.2) is 0 Å². The number of benzene rings is 1. The summed E-state index contributed by atoms with van der Waals surface area (Å²) in [5.41, 5.74) is 6.51. The number of nitrogens with one attached hydrogen (secondary N) is 1. The van der Waals surface area contributed by atoms with Crippen LogP contribution in [0.15, 0.2) is 18.2 Å². The van der Waals surface area contributed by atoms with Gasteiger partial charge < -0.3 is 11.1 Å². The van der Waals surface area contributed by atoms with Crippen LogP contribution in [0.5, 0.6) is 0 Å². The summed E-state index contributed by atoms with van der Waals surface area (Å²) in [5, 5.41) is 2.73. The van der Waals surface area contributed by atoms with Crippen molar-refractivity contribution in [2.75, 3.05) is 23.3 Å². The van der Waals surface area contributed by atoms with Crippen molar-refractivity contribution >= 4 is 51.8 Å². The van der Waals surface area contributed by atoms with E-state index in [0.29, 0.717) is 16.4 Å². The van der Waals surface area contributed by atoms with Crippen molar-refractivity contribution in [2.24, 2.45) is 0 Å². The minimum Gasteiger partial charge on any atom is -0.397 e. The van der Waals surface area contributed by atoms with Gasteiger partial charge in [-0.05, 0) is 18.2 Å². The first kappa shape index (κ1) is 14.7. The van der Waals surface area contributed by atoms with Crippen LogP contribution in [-0.4, -0.2) is 34.3 Å². The van der Waals surface area contributed by atoms with Crippen molar-refractivity contribution in [1.82, 2.24) is 4.90 Å². The minimum absolute atomic E-state index is 0.0422. The predicted octanol–water partition coefficient (Wildman–Crippen LogP) is 1.95. The second-order valence-corrected chi connectivity index (χ2v) is 5.47. The van der Waals surface area contributed by atoms with E-state index in [1.807, 2.05) is 0 Å². The summed E-state index contributed by atoms with van der Waals surface area (Å²) in [6, 6.07) is 4.75. The van der Waals surface area contributed by atoms with Crippen LogP contribution >= 0.6 is 23.4 Å². The third kappa shape index (κ3) is 3.43. The molecule has 0 radical (unpaired) electrons. The maximum absolute atomic E-state index is 11.7. The first-order valence-electron chi connectivity index (χ1n) is 5.79. The van der Waals surface area contributed by atoms with Gasteiger partial charge in [0.1, 0.15) is 0 Å². The van der Waals surface area contributed by atoms with Crippen LogP contribution in [0.4, 0.5) is 16.2 Å². The standard InChI is InChI=1S/C12H12ClN3O3S/c13-8-2-1-7(5-9(8)14)15-10(17)3-4-16-11(18)6-20-12(16)19/h1-2,5H,3-4,6,14H2,(H,15,17). The average Bonchev–Trinajstić information content (AvgIpc) is 2.71. The number of imide groups is 1. The summed E-state index contributed by atoms with van der Waals surface area (Å²) >= 11 is 6.72. The summed E-state index contributed by atoms with van der Waals surface area (Å²) in [6.45, 7) is 0.0829. The highest BCUT2D eigenvalue weighted by molar-refractivity contribution is 8.14.